The molecule has 0 saturated carbocycles. The van der Waals surface area contributed by atoms with Crippen molar-refractivity contribution in [1.29, 1.82) is 0 Å². The van der Waals surface area contributed by atoms with Gasteiger partial charge in [-0.05, 0) is 91.3 Å². The Morgan fingerprint density at radius 2 is 1.64 bits per heavy atom. The molecule has 0 bridgehead atoms. The highest BCUT2D eigenvalue weighted by molar-refractivity contribution is 5.75. The van der Waals surface area contributed by atoms with Gasteiger partial charge in [0.2, 0.25) is 0 Å². The number of rotatable bonds is 15. The third kappa shape index (κ3) is 7.54. The quantitative estimate of drug-likeness (QED) is 0.184. The molecule has 4 heteroatoms. The van der Waals surface area contributed by atoms with E-state index in [0.29, 0.717) is 12.2 Å². The van der Waals surface area contributed by atoms with E-state index in [1.54, 1.807) is 6.08 Å². The number of aryl methyl sites for hydroxylation is 3. The molecule has 1 aliphatic rings. The fourth-order valence-corrected chi connectivity index (χ4v) is 5.96. The molecule has 1 aliphatic heterocycles. The number of cyclic esters (lactones) is 1. The summed E-state index contributed by atoms with van der Waals surface area (Å²) in [5.74, 6) is 1.18. The van der Waals surface area contributed by atoms with Crippen LogP contribution in [0.4, 0.5) is 0 Å². The zero-order valence-corrected chi connectivity index (χ0v) is 25.4. The van der Waals surface area contributed by atoms with Crippen LogP contribution in [0.2, 0.25) is 0 Å². The molecule has 214 valence electrons. The third-order valence-electron chi connectivity index (χ3n) is 8.95. The van der Waals surface area contributed by atoms with Gasteiger partial charge in [-0.2, -0.15) is 0 Å². The van der Waals surface area contributed by atoms with Gasteiger partial charge in [-0.1, -0.05) is 84.2 Å². The van der Waals surface area contributed by atoms with Gasteiger partial charge in [-0.3, -0.25) is 4.79 Å². The first kappa shape index (κ1) is 30.9. The Labute approximate surface area is 236 Å². The Hall–Kier alpha value is -2.59. The van der Waals surface area contributed by atoms with Crippen molar-refractivity contribution < 1.29 is 19.4 Å². The van der Waals surface area contributed by atoms with Crippen LogP contribution in [-0.4, -0.2) is 23.8 Å². The van der Waals surface area contributed by atoms with E-state index in [1.807, 2.05) is 6.07 Å². The fraction of sp³-hybridized carbons (Fsp3) is 0.571. The first-order chi connectivity index (χ1) is 18.6. The summed E-state index contributed by atoms with van der Waals surface area (Å²) in [6.07, 6.45) is 10.2. The van der Waals surface area contributed by atoms with E-state index in [1.165, 1.54) is 41.5 Å². The van der Waals surface area contributed by atoms with Gasteiger partial charge in [0.15, 0.2) is 0 Å². The summed E-state index contributed by atoms with van der Waals surface area (Å²) < 4.78 is 11.1. The largest absolute Gasteiger partial charge is 0.485 e. The number of aliphatic hydroxyl groups is 1. The smallest absolute Gasteiger partial charge is 0.314 e. The molecule has 1 heterocycles. The zero-order chi connectivity index (χ0) is 28.6. The number of carbonyl (C=O) groups is 1. The molecule has 0 aliphatic carbocycles. The van der Waals surface area contributed by atoms with Crippen molar-refractivity contribution in [2.45, 2.75) is 118 Å². The van der Waals surface area contributed by atoms with Crippen molar-refractivity contribution in [2.75, 3.05) is 6.61 Å². The van der Waals surface area contributed by atoms with Crippen LogP contribution in [0.5, 0.6) is 5.75 Å². The minimum absolute atomic E-state index is 0.0468. The van der Waals surface area contributed by atoms with Crippen molar-refractivity contribution in [3.63, 3.8) is 0 Å². The predicted molar refractivity (Wildman–Crippen MR) is 160 cm³/mol. The lowest BCUT2D eigenvalue weighted by atomic mass is 9.69. The maximum atomic E-state index is 11.3. The number of hydrogen-bond donors (Lipinski definition) is 1. The van der Waals surface area contributed by atoms with Crippen LogP contribution < -0.4 is 4.74 Å². The van der Waals surface area contributed by atoms with E-state index in [4.69, 9.17) is 9.47 Å². The lowest BCUT2D eigenvalue weighted by Gasteiger charge is -2.34. The number of carbonyl (C=O) groups excluding carboxylic acids is 1. The summed E-state index contributed by atoms with van der Waals surface area (Å²) in [6.45, 7) is 15.7. The minimum Gasteiger partial charge on any atom is -0.485 e. The molecular weight excluding hydrogens is 484 g/mol. The summed E-state index contributed by atoms with van der Waals surface area (Å²) in [6, 6.07) is 13.4. The Bertz CT molecular complexity index is 1140. The van der Waals surface area contributed by atoms with Gasteiger partial charge in [0.05, 0.1) is 12.5 Å². The standard InChI is InChI=1S/C35H50O4/c1-8-11-12-21-34(6,7)32(36)19-14-27-13-15-28(22-25(27)4)35(9-2,10-3)29-16-18-31(26(5)23-29)38-24-30-17-20-33(37)39-30/h13,15-18,22-23,32,36H,8-12,14,19-21,24H2,1-7H3. The van der Waals surface area contributed by atoms with Crippen LogP contribution in [0.1, 0.15) is 114 Å². The molecule has 1 unspecified atom stereocenters. The van der Waals surface area contributed by atoms with Crippen molar-refractivity contribution in [1.82, 2.24) is 0 Å². The monoisotopic (exact) mass is 534 g/mol. The number of ether oxygens (including phenoxy) is 2. The van der Waals surface area contributed by atoms with E-state index in [0.717, 1.165) is 43.4 Å². The van der Waals surface area contributed by atoms with Gasteiger partial charge in [0.25, 0.3) is 0 Å². The second kappa shape index (κ2) is 13.7. The van der Waals surface area contributed by atoms with E-state index in [2.05, 4.69) is 78.8 Å². The predicted octanol–water partition coefficient (Wildman–Crippen LogP) is 8.52. The van der Waals surface area contributed by atoms with Crippen LogP contribution in [0.25, 0.3) is 0 Å². The Balaban J connectivity index is 1.74. The van der Waals surface area contributed by atoms with E-state index in [9.17, 15) is 9.90 Å². The first-order valence-corrected chi connectivity index (χ1v) is 15.0. The molecule has 39 heavy (non-hydrogen) atoms. The van der Waals surface area contributed by atoms with Crippen LogP contribution in [0.3, 0.4) is 0 Å². The van der Waals surface area contributed by atoms with Crippen LogP contribution >= 0.6 is 0 Å². The Kier molecular flexibility index (Phi) is 10.8. The maximum Gasteiger partial charge on any atom is 0.314 e. The Morgan fingerprint density at radius 3 is 2.21 bits per heavy atom. The lowest BCUT2D eigenvalue weighted by Crippen LogP contribution is -2.30. The number of esters is 1. The third-order valence-corrected chi connectivity index (χ3v) is 8.95. The SMILES string of the molecule is CCCCCC(C)(C)C(O)CCc1ccc(C(CC)(CC)c2ccc(OCC3=CCC(=O)O3)c(C)c2)cc1C. The molecule has 0 fully saturated rings. The molecule has 2 aromatic carbocycles. The normalized spacial score (nSPS) is 14.8. The summed E-state index contributed by atoms with van der Waals surface area (Å²) in [7, 11) is 0. The highest BCUT2D eigenvalue weighted by Crippen LogP contribution is 2.41. The molecule has 1 N–H and O–H groups in total. The average Bonchev–Trinajstić information content (AvgIpc) is 3.33. The summed E-state index contributed by atoms with van der Waals surface area (Å²) in [5, 5.41) is 11.0. The molecular formula is C35H50O4. The summed E-state index contributed by atoms with van der Waals surface area (Å²) >= 11 is 0. The molecule has 0 spiro atoms. The molecule has 0 saturated heterocycles. The topological polar surface area (TPSA) is 55.8 Å². The van der Waals surface area contributed by atoms with Crippen molar-refractivity contribution >= 4 is 5.97 Å². The van der Waals surface area contributed by atoms with Crippen LogP contribution in [0, 0.1) is 19.3 Å². The average molecular weight is 535 g/mol. The van der Waals surface area contributed by atoms with Crippen molar-refractivity contribution in [3.05, 3.63) is 76.1 Å². The number of benzene rings is 2. The molecule has 0 aromatic heterocycles. The van der Waals surface area contributed by atoms with Gasteiger partial charge in [-0.25, -0.2) is 0 Å². The molecule has 4 nitrogen and oxygen atoms in total. The van der Waals surface area contributed by atoms with Crippen molar-refractivity contribution in [2.24, 2.45) is 5.41 Å². The van der Waals surface area contributed by atoms with Gasteiger partial charge < -0.3 is 14.6 Å². The molecule has 1 atom stereocenters. The summed E-state index contributed by atoms with van der Waals surface area (Å²) in [4.78, 5) is 11.3. The van der Waals surface area contributed by atoms with E-state index in [-0.39, 0.29) is 29.5 Å². The van der Waals surface area contributed by atoms with Gasteiger partial charge in [0.1, 0.15) is 18.1 Å². The van der Waals surface area contributed by atoms with Crippen LogP contribution in [0.15, 0.2) is 48.2 Å². The lowest BCUT2D eigenvalue weighted by molar-refractivity contribution is -0.136. The summed E-state index contributed by atoms with van der Waals surface area (Å²) in [5.41, 5.74) is 6.19. The van der Waals surface area contributed by atoms with E-state index >= 15 is 0 Å². The molecule has 3 rings (SSSR count). The second-order valence-corrected chi connectivity index (χ2v) is 12.0. The fourth-order valence-electron chi connectivity index (χ4n) is 5.96. The number of hydrogen-bond acceptors (Lipinski definition) is 4. The number of aliphatic hydroxyl groups excluding tert-OH is 1. The zero-order valence-electron chi connectivity index (χ0n) is 25.4. The molecule has 0 radical (unpaired) electrons. The van der Waals surface area contributed by atoms with Gasteiger partial charge >= 0.3 is 5.97 Å². The Morgan fingerprint density at radius 1 is 0.974 bits per heavy atom. The molecule has 0 amide bonds. The first-order valence-electron chi connectivity index (χ1n) is 15.0. The van der Waals surface area contributed by atoms with Gasteiger partial charge in [-0.15, -0.1) is 0 Å². The molecule has 2 aromatic rings. The van der Waals surface area contributed by atoms with Crippen molar-refractivity contribution in [3.8, 4) is 5.75 Å². The van der Waals surface area contributed by atoms with E-state index < -0.39 is 0 Å². The highest BCUT2D eigenvalue weighted by atomic mass is 16.6. The van der Waals surface area contributed by atoms with Crippen LogP contribution in [-0.2, 0) is 21.4 Å². The number of unbranched alkanes of at least 4 members (excludes halogenated alkanes) is 2. The van der Waals surface area contributed by atoms with Gasteiger partial charge in [0, 0.05) is 5.41 Å². The highest BCUT2D eigenvalue weighted by Gasteiger charge is 2.32. The maximum absolute atomic E-state index is 11.3. The second-order valence-electron chi connectivity index (χ2n) is 12.0. The minimum atomic E-state index is -0.292.